The minimum atomic E-state index is -0.0630. The second kappa shape index (κ2) is 7.65. The monoisotopic (exact) mass is 347 g/mol. The minimum Gasteiger partial charge on any atom is -0.324 e. The zero-order chi connectivity index (χ0) is 16.1. The number of anilines is 1. The Balaban J connectivity index is 1.57. The van der Waals surface area contributed by atoms with Gasteiger partial charge in [0.25, 0.3) is 0 Å². The van der Waals surface area contributed by atoms with Crippen molar-refractivity contribution < 1.29 is 4.79 Å². The summed E-state index contributed by atoms with van der Waals surface area (Å²) < 4.78 is 1.81. The predicted octanol–water partition coefficient (Wildman–Crippen LogP) is 3.02. The molecule has 3 rings (SSSR count). The van der Waals surface area contributed by atoms with Gasteiger partial charge in [-0.05, 0) is 35.4 Å². The van der Waals surface area contributed by atoms with Gasteiger partial charge < -0.3 is 5.32 Å². The van der Waals surface area contributed by atoms with Gasteiger partial charge in [-0.15, -0.1) is 23.4 Å². The zero-order valence-corrected chi connectivity index (χ0v) is 14.1. The van der Waals surface area contributed by atoms with Crippen LogP contribution in [0.3, 0.4) is 0 Å². The van der Waals surface area contributed by atoms with E-state index < -0.39 is 0 Å². The highest BCUT2D eigenvalue weighted by atomic mass is 32.2. The molecule has 0 bridgehead atoms. The molecule has 1 N–H and O–H groups in total. The molecule has 0 aliphatic heterocycles. The highest BCUT2D eigenvalue weighted by Gasteiger charge is 2.28. The van der Waals surface area contributed by atoms with Gasteiger partial charge in [0.05, 0.1) is 17.5 Å². The summed E-state index contributed by atoms with van der Waals surface area (Å²) in [6.07, 6.45) is 4.06. The molecular formula is C15H17N5OS2. The van der Waals surface area contributed by atoms with E-state index in [0.717, 1.165) is 29.2 Å². The van der Waals surface area contributed by atoms with Gasteiger partial charge in [-0.2, -0.15) is 0 Å². The van der Waals surface area contributed by atoms with Crippen molar-refractivity contribution in [2.24, 2.45) is 0 Å². The third kappa shape index (κ3) is 4.35. The van der Waals surface area contributed by atoms with Crippen LogP contribution in [0.5, 0.6) is 0 Å². The van der Waals surface area contributed by atoms with Crippen molar-refractivity contribution in [1.29, 1.82) is 0 Å². The number of carbonyl (C=O) groups is 1. The first-order valence-electron chi connectivity index (χ1n) is 7.31. The Morgan fingerprint density at radius 3 is 3.00 bits per heavy atom. The number of amides is 1. The van der Waals surface area contributed by atoms with Crippen LogP contribution in [0.15, 0.2) is 47.0 Å². The summed E-state index contributed by atoms with van der Waals surface area (Å²) in [5, 5.41) is 15.3. The first kappa shape index (κ1) is 16.1. The van der Waals surface area contributed by atoms with Crippen molar-refractivity contribution in [3.05, 3.63) is 36.9 Å². The lowest BCUT2D eigenvalue weighted by molar-refractivity contribution is -0.113. The first-order valence-corrected chi connectivity index (χ1v) is 9.28. The fraction of sp³-hybridized carbons (Fsp3) is 0.333. The van der Waals surface area contributed by atoms with E-state index in [1.54, 1.807) is 11.8 Å². The molecule has 120 valence electrons. The molecule has 0 radical (unpaired) electrons. The van der Waals surface area contributed by atoms with Crippen molar-refractivity contribution in [3.63, 3.8) is 0 Å². The van der Waals surface area contributed by atoms with Crippen LogP contribution in [-0.4, -0.2) is 37.6 Å². The predicted molar refractivity (Wildman–Crippen MR) is 92.8 cm³/mol. The molecule has 1 heterocycles. The van der Waals surface area contributed by atoms with Crippen LogP contribution in [0, 0.1) is 0 Å². The standard InChI is InChI=1S/C15H17N5OS2/c1-2-9-22-13-6-4-3-5-12(13)16-14(21)10-23-15-17-18-19-20(15)11-7-8-11/h2-6,11H,1,7-10H2,(H,16,21). The number of para-hydroxylation sites is 1. The molecule has 1 aromatic carbocycles. The van der Waals surface area contributed by atoms with Gasteiger partial charge in [0.2, 0.25) is 11.1 Å². The Labute approximate surface area is 143 Å². The van der Waals surface area contributed by atoms with Crippen molar-refractivity contribution in [2.45, 2.75) is 28.9 Å². The maximum absolute atomic E-state index is 12.2. The number of hydrogen-bond donors (Lipinski definition) is 1. The largest absolute Gasteiger partial charge is 0.324 e. The van der Waals surface area contributed by atoms with Crippen LogP contribution in [0.2, 0.25) is 0 Å². The van der Waals surface area contributed by atoms with Crippen LogP contribution >= 0.6 is 23.5 Å². The molecule has 0 unspecified atom stereocenters. The van der Waals surface area contributed by atoms with E-state index in [1.807, 2.05) is 35.0 Å². The summed E-state index contributed by atoms with van der Waals surface area (Å²) in [5.74, 6) is 1.03. The third-order valence-corrected chi connectivity index (χ3v) is 5.21. The Hall–Kier alpha value is -1.80. The number of tetrazole rings is 1. The maximum Gasteiger partial charge on any atom is 0.234 e. The highest BCUT2D eigenvalue weighted by Crippen LogP contribution is 2.36. The average molecular weight is 347 g/mol. The van der Waals surface area contributed by atoms with Crippen LogP contribution < -0.4 is 5.32 Å². The number of nitrogens with one attached hydrogen (secondary N) is 1. The molecule has 2 aromatic rings. The Morgan fingerprint density at radius 2 is 2.22 bits per heavy atom. The summed E-state index contributed by atoms with van der Waals surface area (Å²) >= 11 is 3.01. The molecular weight excluding hydrogens is 330 g/mol. The number of thioether (sulfide) groups is 2. The molecule has 1 saturated carbocycles. The Morgan fingerprint density at radius 1 is 1.39 bits per heavy atom. The van der Waals surface area contributed by atoms with Crippen LogP contribution in [0.1, 0.15) is 18.9 Å². The number of aromatic nitrogens is 4. The highest BCUT2D eigenvalue weighted by molar-refractivity contribution is 8.00. The number of rotatable bonds is 8. The van der Waals surface area contributed by atoms with Gasteiger partial charge >= 0.3 is 0 Å². The number of hydrogen-bond acceptors (Lipinski definition) is 6. The number of carbonyl (C=O) groups excluding carboxylic acids is 1. The van der Waals surface area contributed by atoms with Crippen LogP contribution in [0.4, 0.5) is 5.69 Å². The molecule has 1 fully saturated rings. The lowest BCUT2D eigenvalue weighted by atomic mass is 10.3. The van der Waals surface area contributed by atoms with Crippen molar-refractivity contribution in [2.75, 3.05) is 16.8 Å². The van der Waals surface area contributed by atoms with E-state index in [1.165, 1.54) is 11.8 Å². The SMILES string of the molecule is C=CCSc1ccccc1NC(=O)CSc1nnnn1C1CC1. The van der Waals surface area contributed by atoms with E-state index in [4.69, 9.17) is 0 Å². The van der Waals surface area contributed by atoms with E-state index in [-0.39, 0.29) is 11.7 Å². The smallest absolute Gasteiger partial charge is 0.234 e. The lowest BCUT2D eigenvalue weighted by Gasteiger charge is -2.09. The molecule has 0 saturated heterocycles. The van der Waals surface area contributed by atoms with E-state index in [0.29, 0.717) is 11.2 Å². The summed E-state index contributed by atoms with van der Waals surface area (Å²) in [7, 11) is 0. The van der Waals surface area contributed by atoms with E-state index >= 15 is 0 Å². The molecule has 23 heavy (non-hydrogen) atoms. The minimum absolute atomic E-state index is 0.0630. The van der Waals surface area contributed by atoms with E-state index in [2.05, 4.69) is 27.4 Å². The van der Waals surface area contributed by atoms with Gasteiger partial charge in [0.1, 0.15) is 0 Å². The van der Waals surface area contributed by atoms with Gasteiger partial charge in [-0.25, -0.2) is 4.68 Å². The summed E-state index contributed by atoms with van der Waals surface area (Å²) in [6.45, 7) is 3.72. The maximum atomic E-state index is 12.2. The van der Waals surface area contributed by atoms with Gasteiger partial charge in [0.15, 0.2) is 0 Å². The summed E-state index contributed by atoms with van der Waals surface area (Å²) in [5.41, 5.74) is 0.826. The third-order valence-electron chi connectivity index (χ3n) is 3.21. The summed E-state index contributed by atoms with van der Waals surface area (Å²) in [4.78, 5) is 13.2. The topological polar surface area (TPSA) is 72.7 Å². The van der Waals surface area contributed by atoms with Crippen LogP contribution in [-0.2, 0) is 4.79 Å². The molecule has 0 atom stereocenters. The summed E-state index contributed by atoms with van der Waals surface area (Å²) in [6, 6.07) is 8.17. The van der Waals surface area contributed by atoms with Gasteiger partial charge in [0, 0.05) is 10.6 Å². The van der Waals surface area contributed by atoms with E-state index in [9.17, 15) is 4.79 Å². The Kier molecular flexibility index (Phi) is 5.35. The fourth-order valence-electron chi connectivity index (χ4n) is 1.99. The molecule has 8 heteroatoms. The van der Waals surface area contributed by atoms with Crippen LogP contribution in [0.25, 0.3) is 0 Å². The molecule has 0 spiro atoms. The fourth-order valence-corrected chi connectivity index (χ4v) is 3.48. The number of nitrogens with zero attached hydrogens (tertiary/aromatic N) is 4. The molecule has 6 nitrogen and oxygen atoms in total. The van der Waals surface area contributed by atoms with Crippen molar-refractivity contribution in [1.82, 2.24) is 20.2 Å². The molecule has 1 aromatic heterocycles. The van der Waals surface area contributed by atoms with Gasteiger partial charge in [-0.1, -0.05) is 30.0 Å². The van der Waals surface area contributed by atoms with Crippen molar-refractivity contribution >= 4 is 35.1 Å². The lowest BCUT2D eigenvalue weighted by Crippen LogP contribution is -2.15. The van der Waals surface area contributed by atoms with Gasteiger partial charge in [-0.3, -0.25) is 4.79 Å². The molecule has 1 amide bonds. The first-order chi connectivity index (χ1) is 11.3. The number of benzene rings is 1. The zero-order valence-electron chi connectivity index (χ0n) is 12.5. The second-order valence-electron chi connectivity index (χ2n) is 5.07. The quantitative estimate of drug-likeness (QED) is 0.584. The normalized spacial score (nSPS) is 13.7. The Bertz CT molecular complexity index is 699. The second-order valence-corrected chi connectivity index (χ2v) is 7.07. The van der Waals surface area contributed by atoms with Crippen molar-refractivity contribution in [3.8, 4) is 0 Å². The average Bonchev–Trinajstić information content (AvgIpc) is 3.30. The molecule has 1 aliphatic carbocycles. The molecule has 1 aliphatic rings.